The first kappa shape index (κ1) is 33.7. The molecule has 0 amide bonds. The summed E-state index contributed by atoms with van der Waals surface area (Å²) in [6, 6.07) is 49.8. The van der Waals surface area contributed by atoms with Gasteiger partial charge in [-0.25, -0.2) is 0 Å². The topological polar surface area (TPSA) is 58.9 Å². The van der Waals surface area contributed by atoms with E-state index < -0.39 is 0 Å². The van der Waals surface area contributed by atoms with Crippen LogP contribution in [-0.4, -0.2) is 10.2 Å². The van der Waals surface area contributed by atoms with E-state index in [2.05, 4.69) is 97.1 Å². The van der Waals surface area contributed by atoms with Crippen molar-refractivity contribution in [3.63, 3.8) is 0 Å². The average molecular weight is 775 g/mol. The van der Waals surface area contributed by atoms with Gasteiger partial charge in [-0.15, -0.1) is 0 Å². The van der Waals surface area contributed by atoms with Crippen LogP contribution in [0.1, 0.15) is 11.1 Å². The second-order valence-electron chi connectivity index (χ2n) is 12.9. The molecule has 2 aliphatic heterocycles. The molecule has 2 N–H and O–H groups in total. The standard InChI is InChI=1S/C46H30O4S4/c47-25-29-11-5-17-37-43(29)53-45-35(15-7-19-39(45)51-37)49-33-23-21-27-9-1-3-13-31(27)41(33)42-32-14-4-2-10-28(32)22-24-34(42)50-36-16-8-20-40-46(36)54-44-30(26-48)12-6-18-38(44)52-40/h1-24,47-48H,25-26H2. The molecule has 54 heavy (non-hydrogen) atoms. The van der Waals surface area contributed by atoms with Gasteiger partial charge >= 0.3 is 0 Å². The lowest BCUT2D eigenvalue weighted by molar-refractivity contribution is 0.278. The predicted molar refractivity (Wildman–Crippen MR) is 221 cm³/mol. The Balaban J connectivity index is 1.14. The van der Waals surface area contributed by atoms with E-state index in [4.69, 9.17) is 9.47 Å². The zero-order valence-electron chi connectivity index (χ0n) is 28.6. The van der Waals surface area contributed by atoms with Crippen LogP contribution in [0.5, 0.6) is 23.0 Å². The molecule has 2 heterocycles. The number of aliphatic hydroxyl groups is 2. The Bertz CT molecular complexity index is 2590. The maximum absolute atomic E-state index is 10.2. The van der Waals surface area contributed by atoms with Crippen molar-refractivity contribution in [2.45, 2.75) is 52.4 Å². The molecule has 8 aromatic rings. The maximum Gasteiger partial charge on any atom is 0.142 e. The van der Waals surface area contributed by atoms with Crippen molar-refractivity contribution in [1.29, 1.82) is 0 Å². The van der Waals surface area contributed by atoms with Gasteiger partial charge < -0.3 is 19.7 Å². The highest BCUT2D eigenvalue weighted by Gasteiger charge is 2.27. The molecule has 0 aliphatic carbocycles. The molecule has 0 saturated carbocycles. The number of aliphatic hydroxyl groups excluding tert-OH is 2. The van der Waals surface area contributed by atoms with Gasteiger partial charge in [-0.05, 0) is 81.2 Å². The number of rotatable bonds is 7. The Morgan fingerprint density at radius 2 is 0.759 bits per heavy atom. The minimum atomic E-state index is -0.0231. The molecule has 0 aromatic heterocycles. The maximum atomic E-state index is 10.2. The minimum Gasteiger partial charge on any atom is -0.455 e. The molecule has 0 bridgehead atoms. The van der Waals surface area contributed by atoms with Crippen molar-refractivity contribution < 1.29 is 19.7 Å². The zero-order valence-corrected chi connectivity index (χ0v) is 31.9. The Labute approximate surface area is 329 Å². The lowest BCUT2D eigenvalue weighted by atomic mass is 9.92. The van der Waals surface area contributed by atoms with Gasteiger partial charge in [-0.1, -0.05) is 144 Å². The quantitative estimate of drug-likeness (QED) is 0.166. The summed E-state index contributed by atoms with van der Waals surface area (Å²) in [6.45, 7) is -0.0462. The molecular weight excluding hydrogens is 745 g/mol. The number of benzene rings is 8. The molecule has 0 unspecified atom stereocenters. The third-order valence-corrected chi connectivity index (χ3v) is 15.0. The summed E-state index contributed by atoms with van der Waals surface area (Å²) in [7, 11) is 0. The van der Waals surface area contributed by atoms with Crippen molar-refractivity contribution >= 4 is 68.6 Å². The molecule has 10 rings (SSSR count). The molecule has 4 nitrogen and oxygen atoms in total. The summed E-state index contributed by atoms with van der Waals surface area (Å²) in [6.07, 6.45) is 0. The first-order valence-corrected chi connectivity index (χ1v) is 20.8. The van der Waals surface area contributed by atoms with Crippen LogP contribution < -0.4 is 9.47 Å². The number of hydrogen-bond donors (Lipinski definition) is 2. The Kier molecular flexibility index (Phi) is 8.83. The molecule has 0 spiro atoms. The molecule has 262 valence electrons. The van der Waals surface area contributed by atoms with Gasteiger partial charge in [0.15, 0.2) is 0 Å². The van der Waals surface area contributed by atoms with Crippen LogP contribution >= 0.6 is 47.0 Å². The predicted octanol–water partition coefficient (Wildman–Crippen LogP) is 13.5. The number of fused-ring (bicyclic) bond motifs is 6. The van der Waals surface area contributed by atoms with Crippen LogP contribution in [0.15, 0.2) is 185 Å². The highest BCUT2D eigenvalue weighted by atomic mass is 32.2. The normalized spacial score (nSPS) is 12.9. The summed E-state index contributed by atoms with van der Waals surface area (Å²) in [5.74, 6) is 2.95. The van der Waals surface area contributed by atoms with Crippen molar-refractivity contribution in [2.75, 3.05) is 0 Å². The first-order valence-electron chi connectivity index (χ1n) is 17.5. The van der Waals surface area contributed by atoms with Crippen LogP contribution in [0.4, 0.5) is 0 Å². The average Bonchev–Trinajstić information content (AvgIpc) is 3.22. The molecule has 0 saturated heterocycles. The highest BCUT2D eigenvalue weighted by Crippen LogP contribution is 2.57. The second kappa shape index (κ2) is 14.1. The molecule has 8 heteroatoms. The lowest BCUT2D eigenvalue weighted by Crippen LogP contribution is -1.99. The van der Waals surface area contributed by atoms with Gasteiger partial charge in [-0.2, -0.15) is 0 Å². The third-order valence-electron chi connectivity index (χ3n) is 9.67. The van der Waals surface area contributed by atoms with Gasteiger partial charge in [0.1, 0.15) is 23.0 Å². The Morgan fingerprint density at radius 1 is 0.352 bits per heavy atom. The number of ether oxygens (including phenoxy) is 2. The Morgan fingerprint density at radius 3 is 1.20 bits per heavy atom. The van der Waals surface area contributed by atoms with Crippen LogP contribution in [-0.2, 0) is 13.2 Å². The van der Waals surface area contributed by atoms with Gasteiger partial charge in [0.2, 0.25) is 0 Å². The molecule has 0 radical (unpaired) electrons. The monoisotopic (exact) mass is 774 g/mol. The van der Waals surface area contributed by atoms with Crippen molar-refractivity contribution in [2.24, 2.45) is 0 Å². The molecule has 8 aromatic carbocycles. The van der Waals surface area contributed by atoms with Crippen LogP contribution in [0, 0.1) is 0 Å². The minimum absolute atomic E-state index is 0.0231. The lowest BCUT2D eigenvalue weighted by Gasteiger charge is -2.25. The molecule has 0 fully saturated rings. The summed E-state index contributed by atoms with van der Waals surface area (Å²) in [4.78, 5) is 8.68. The van der Waals surface area contributed by atoms with E-state index in [9.17, 15) is 10.2 Å². The summed E-state index contributed by atoms with van der Waals surface area (Å²) < 4.78 is 14.2. The van der Waals surface area contributed by atoms with Crippen molar-refractivity contribution in [3.05, 3.63) is 157 Å². The van der Waals surface area contributed by atoms with Gasteiger partial charge in [0, 0.05) is 40.5 Å². The fourth-order valence-electron chi connectivity index (χ4n) is 7.14. The smallest absolute Gasteiger partial charge is 0.142 e. The van der Waals surface area contributed by atoms with E-state index >= 15 is 0 Å². The van der Waals surface area contributed by atoms with E-state index in [1.807, 2.05) is 48.5 Å². The van der Waals surface area contributed by atoms with Crippen LogP contribution in [0.2, 0.25) is 0 Å². The van der Waals surface area contributed by atoms with Crippen LogP contribution in [0.3, 0.4) is 0 Å². The van der Waals surface area contributed by atoms with E-state index in [1.165, 1.54) is 0 Å². The third kappa shape index (κ3) is 5.85. The SMILES string of the molecule is OCc1cccc2c1Sc1c(Oc3ccc4ccccc4c3-c3c(Oc4cccc5c4Sc4c(CO)cccc4S5)ccc4ccccc34)cccc1S2. The summed E-state index contributed by atoms with van der Waals surface area (Å²) in [5, 5.41) is 24.7. The fourth-order valence-corrected chi connectivity index (χ4v) is 12.1. The van der Waals surface area contributed by atoms with Gasteiger partial charge in [0.25, 0.3) is 0 Å². The van der Waals surface area contributed by atoms with Gasteiger partial charge in [-0.3, -0.25) is 0 Å². The molecule has 2 aliphatic rings. The van der Waals surface area contributed by atoms with Crippen LogP contribution in [0.25, 0.3) is 32.7 Å². The largest absolute Gasteiger partial charge is 0.455 e. The van der Waals surface area contributed by atoms with E-state index in [1.54, 1.807) is 47.0 Å². The molecular formula is C46H30O4S4. The summed E-state index contributed by atoms with van der Waals surface area (Å²) >= 11 is 6.72. The highest BCUT2D eigenvalue weighted by molar-refractivity contribution is 8.05. The number of hydrogen-bond acceptors (Lipinski definition) is 8. The van der Waals surface area contributed by atoms with E-state index in [0.717, 1.165) is 106 Å². The second-order valence-corrected chi connectivity index (χ2v) is 17.1. The van der Waals surface area contributed by atoms with Crippen molar-refractivity contribution in [3.8, 4) is 34.1 Å². The summed E-state index contributed by atoms with van der Waals surface area (Å²) in [5.41, 5.74) is 3.71. The zero-order chi connectivity index (χ0) is 36.2. The first-order chi connectivity index (χ1) is 26.7. The fraction of sp³-hybridized carbons (Fsp3) is 0.0435. The molecule has 0 atom stereocenters. The van der Waals surface area contributed by atoms with Crippen molar-refractivity contribution in [1.82, 2.24) is 0 Å². The van der Waals surface area contributed by atoms with E-state index in [0.29, 0.717) is 0 Å². The Hall–Kier alpha value is -4.80. The van der Waals surface area contributed by atoms with E-state index in [-0.39, 0.29) is 13.2 Å². The van der Waals surface area contributed by atoms with Gasteiger partial charge in [0.05, 0.1) is 23.0 Å².